The molecule has 2 atom stereocenters. The third-order valence-corrected chi connectivity index (χ3v) is 4.85. The Labute approximate surface area is 159 Å². The number of carbonyl (C=O) groups excluding carboxylic acids is 2. The van der Waals surface area contributed by atoms with Crippen molar-refractivity contribution in [3.63, 3.8) is 0 Å². The lowest BCUT2D eigenvalue weighted by molar-refractivity contribution is -0.157. The maximum absolute atomic E-state index is 12.6. The highest BCUT2D eigenvalue weighted by Gasteiger charge is 2.46. The van der Waals surface area contributed by atoms with Gasteiger partial charge in [-0.05, 0) is 17.7 Å². The molecule has 7 heteroatoms. The number of rotatable bonds is 4. The van der Waals surface area contributed by atoms with Crippen LogP contribution in [-0.4, -0.2) is 33.3 Å². The Kier molecular flexibility index (Phi) is 5.18. The van der Waals surface area contributed by atoms with Gasteiger partial charge in [-0.15, -0.1) is 0 Å². The van der Waals surface area contributed by atoms with Gasteiger partial charge in [0, 0.05) is 28.1 Å². The summed E-state index contributed by atoms with van der Waals surface area (Å²) in [6.07, 6.45) is 0. The lowest BCUT2D eigenvalue weighted by Crippen LogP contribution is -2.38. The van der Waals surface area contributed by atoms with E-state index in [4.69, 9.17) is 18.9 Å². The zero-order valence-corrected chi connectivity index (χ0v) is 16.0. The molecule has 0 saturated heterocycles. The molecule has 136 valence electrons. The van der Waals surface area contributed by atoms with Crippen LogP contribution in [-0.2, 0) is 14.3 Å². The molecular formula is C19H17BrO6. The minimum Gasteiger partial charge on any atom is -0.496 e. The Morgan fingerprint density at radius 1 is 1.08 bits per heavy atom. The number of benzene rings is 2. The lowest BCUT2D eigenvalue weighted by Gasteiger charge is -2.32. The predicted molar refractivity (Wildman–Crippen MR) is 96.7 cm³/mol. The van der Waals surface area contributed by atoms with Crippen LogP contribution in [0.5, 0.6) is 17.2 Å². The highest BCUT2D eigenvalue weighted by atomic mass is 79.9. The zero-order chi connectivity index (χ0) is 18.8. The molecule has 0 amide bonds. The molecule has 2 aromatic rings. The van der Waals surface area contributed by atoms with Crippen molar-refractivity contribution in [2.75, 3.05) is 21.3 Å². The number of esters is 2. The second-order valence-electron chi connectivity index (χ2n) is 5.69. The number of methoxy groups -OCH3 is 3. The molecule has 0 bridgehead atoms. The van der Waals surface area contributed by atoms with E-state index in [-0.39, 0.29) is 0 Å². The first kappa shape index (κ1) is 18.3. The number of hydrogen-bond donors (Lipinski definition) is 0. The van der Waals surface area contributed by atoms with Gasteiger partial charge in [0.1, 0.15) is 17.2 Å². The normalized spacial score (nSPS) is 18.5. The number of halogens is 1. The van der Waals surface area contributed by atoms with E-state index in [0.717, 1.165) is 10.0 Å². The summed E-state index contributed by atoms with van der Waals surface area (Å²) in [6, 6.07) is 10.7. The summed E-state index contributed by atoms with van der Waals surface area (Å²) in [6.45, 7) is 0. The molecule has 1 heterocycles. The van der Waals surface area contributed by atoms with Crippen LogP contribution in [0.2, 0.25) is 0 Å². The topological polar surface area (TPSA) is 71.1 Å². The fourth-order valence-electron chi connectivity index (χ4n) is 3.12. The van der Waals surface area contributed by atoms with Crippen molar-refractivity contribution < 1.29 is 28.5 Å². The minimum absolute atomic E-state index is 0.305. The second-order valence-corrected chi connectivity index (χ2v) is 6.61. The maximum Gasteiger partial charge on any atom is 0.326 e. The third-order valence-electron chi connectivity index (χ3n) is 4.33. The van der Waals surface area contributed by atoms with Crippen molar-refractivity contribution in [2.45, 2.75) is 5.92 Å². The van der Waals surface area contributed by atoms with Crippen molar-refractivity contribution in [1.29, 1.82) is 0 Å². The molecule has 0 N–H and O–H groups in total. The summed E-state index contributed by atoms with van der Waals surface area (Å²) >= 11 is 3.39. The molecule has 0 saturated carbocycles. The average Bonchev–Trinajstić information content (AvgIpc) is 2.66. The van der Waals surface area contributed by atoms with E-state index in [2.05, 4.69) is 15.9 Å². The summed E-state index contributed by atoms with van der Waals surface area (Å²) in [7, 11) is 4.27. The summed E-state index contributed by atoms with van der Waals surface area (Å²) in [4.78, 5) is 25.0. The number of fused-ring (bicyclic) bond motifs is 1. The molecular weight excluding hydrogens is 404 g/mol. The van der Waals surface area contributed by atoms with E-state index in [1.54, 1.807) is 12.1 Å². The molecule has 2 unspecified atom stereocenters. The smallest absolute Gasteiger partial charge is 0.326 e. The first-order valence-corrected chi connectivity index (χ1v) is 8.60. The Bertz CT molecular complexity index is 846. The van der Waals surface area contributed by atoms with Gasteiger partial charge in [-0.25, -0.2) is 0 Å². The predicted octanol–water partition coefficient (Wildman–Crippen LogP) is 3.31. The van der Waals surface area contributed by atoms with Crippen molar-refractivity contribution in [3.05, 3.63) is 52.0 Å². The van der Waals surface area contributed by atoms with Crippen LogP contribution < -0.4 is 14.2 Å². The van der Waals surface area contributed by atoms with E-state index >= 15 is 0 Å². The average molecular weight is 421 g/mol. The maximum atomic E-state index is 12.6. The summed E-state index contributed by atoms with van der Waals surface area (Å²) < 4.78 is 21.9. The summed E-state index contributed by atoms with van der Waals surface area (Å²) in [5.74, 6) is -1.81. The van der Waals surface area contributed by atoms with Crippen LogP contribution >= 0.6 is 15.9 Å². The SMILES string of the molecule is COC(=O)C1C(=O)Oc2cc(OC)cc(OC)c2C1c1ccc(Br)cc1. The second kappa shape index (κ2) is 7.37. The van der Waals surface area contributed by atoms with Gasteiger partial charge in [-0.1, -0.05) is 28.1 Å². The van der Waals surface area contributed by atoms with E-state index in [9.17, 15) is 9.59 Å². The molecule has 0 spiro atoms. The minimum atomic E-state index is -1.13. The van der Waals surface area contributed by atoms with Crippen LogP contribution in [0.1, 0.15) is 17.0 Å². The van der Waals surface area contributed by atoms with Gasteiger partial charge in [0.2, 0.25) is 0 Å². The third kappa shape index (κ3) is 3.14. The molecule has 0 aliphatic carbocycles. The first-order chi connectivity index (χ1) is 12.5. The van der Waals surface area contributed by atoms with Gasteiger partial charge >= 0.3 is 11.9 Å². The largest absolute Gasteiger partial charge is 0.496 e. The monoisotopic (exact) mass is 420 g/mol. The van der Waals surface area contributed by atoms with E-state index < -0.39 is 23.8 Å². The molecule has 3 rings (SSSR count). The molecule has 0 aromatic heterocycles. The van der Waals surface area contributed by atoms with Gasteiger partial charge in [0.25, 0.3) is 0 Å². The van der Waals surface area contributed by atoms with E-state index in [1.165, 1.54) is 21.3 Å². The van der Waals surface area contributed by atoms with Crippen LogP contribution in [0.15, 0.2) is 40.9 Å². The quantitative estimate of drug-likeness (QED) is 0.429. The standard InChI is InChI=1S/C19H17BrO6/c1-23-12-8-13(24-2)16-14(9-12)26-19(22)17(18(21)25-3)15(16)10-4-6-11(20)7-5-10/h4-9,15,17H,1-3H3. The fraction of sp³-hybridized carbons (Fsp3) is 0.263. The van der Waals surface area contributed by atoms with Gasteiger partial charge in [-0.2, -0.15) is 0 Å². The zero-order valence-electron chi connectivity index (χ0n) is 14.4. The molecule has 0 fully saturated rings. The molecule has 1 aliphatic rings. The number of hydrogen-bond acceptors (Lipinski definition) is 6. The molecule has 1 aliphatic heterocycles. The van der Waals surface area contributed by atoms with Crippen molar-refractivity contribution >= 4 is 27.9 Å². The van der Waals surface area contributed by atoms with E-state index in [1.807, 2.05) is 24.3 Å². The highest BCUT2D eigenvalue weighted by molar-refractivity contribution is 9.10. The van der Waals surface area contributed by atoms with E-state index in [0.29, 0.717) is 22.8 Å². The molecule has 6 nitrogen and oxygen atoms in total. The van der Waals surface area contributed by atoms with Crippen LogP contribution in [0.25, 0.3) is 0 Å². The Morgan fingerprint density at radius 2 is 1.77 bits per heavy atom. The van der Waals surface area contributed by atoms with Crippen LogP contribution in [0.4, 0.5) is 0 Å². The van der Waals surface area contributed by atoms with Gasteiger partial charge < -0.3 is 18.9 Å². The van der Waals surface area contributed by atoms with Gasteiger partial charge in [-0.3, -0.25) is 9.59 Å². The van der Waals surface area contributed by atoms with Crippen LogP contribution in [0.3, 0.4) is 0 Å². The number of carbonyl (C=O) groups is 2. The van der Waals surface area contributed by atoms with Crippen molar-refractivity contribution in [1.82, 2.24) is 0 Å². The van der Waals surface area contributed by atoms with Gasteiger partial charge in [0.05, 0.1) is 21.3 Å². The summed E-state index contributed by atoms with van der Waals surface area (Å²) in [5, 5.41) is 0. The Hall–Kier alpha value is -2.54. The van der Waals surface area contributed by atoms with Crippen molar-refractivity contribution in [2.24, 2.45) is 5.92 Å². The highest BCUT2D eigenvalue weighted by Crippen LogP contribution is 2.49. The lowest BCUT2D eigenvalue weighted by atomic mass is 9.78. The first-order valence-electron chi connectivity index (χ1n) is 7.81. The number of ether oxygens (including phenoxy) is 4. The molecule has 2 aromatic carbocycles. The Morgan fingerprint density at radius 3 is 2.35 bits per heavy atom. The van der Waals surface area contributed by atoms with Crippen LogP contribution in [0, 0.1) is 5.92 Å². The molecule has 26 heavy (non-hydrogen) atoms. The molecule has 0 radical (unpaired) electrons. The van der Waals surface area contributed by atoms with Gasteiger partial charge in [0.15, 0.2) is 5.92 Å². The fourth-order valence-corrected chi connectivity index (χ4v) is 3.38. The van der Waals surface area contributed by atoms with Crippen molar-refractivity contribution in [3.8, 4) is 17.2 Å². The Balaban J connectivity index is 2.26. The summed E-state index contributed by atoms with van der Waals surface area (Å²) in [5.41, 5.74) is 1.37.